The SMILES string of the molecule is O.O=S(=O)([O-])[O-].c1ccc2[nH+]c(CCCCCCc3[nH]c4ccccc4[nH+]3)[nH]c2c1. The van der Waals surface area contributed by atoms with E-state index in [1.165, 1.54) is 59.4 Å². The van der Waals surface area contributed by atoms with E-state index in [1.54, 1.807) is 0 Å². The van der Waals surface area contributed by atoms with Crippen LogP contribution in [-0.2, 0) is 23.2 Å². The molecule has 2 heterocycles. The summed E-state index contributed by atoms with van der Waals surface area (Å²) in [6.07, 6.45) is 7.16. The summed E-state index contributed by atoms with van der Waals surface area (Å²) in [6, 6.07) is 16.7. The molecule has 0 unspecified atom stereocenters. The number of nitrogens with one attached hydrogen (secondary N) is 4. The highest BCUT2D eigenvalue weighted by atomic mass is 32.3. The predicted molar refractivity (Wildman–Crippen MR) is 110 cm³/mol. The molecule has 162 valence electrons. The van der Waals surface area contributed by atoms with E-state index in [0.29, 0.717) is 0 Å². The molecule has 0 saturated heterocycles. The van der Waals surface area contributed by atoms with Crippen molar-refractivity contribution in [1.29, 1.82) is 0 Å². The van der Waals surface area contributed by atoms with Crippen LogP contribution >= 0.6 is 0 Å². The van der Waals surface area contributed by atoms with Gasteiger partial charge in [0.1, 0.15) is 0 Å². The fourth-order valence-electron chi connectivity index (χ4n) is 3.32. The van der Waals surface area contributed by atoms with Gasteiger partial charge in [-0.05, 0) is 37.1 Å². The molecule has 0 atom stereocenters. The van der Waals surface area contributed by atoms with Crippen LogP contribution in [0.15, 0.2) is 48.5 Å². The third-order valence-corrected chi connectivity index (χ3v) is 4.60. The van der Waals surface area contributed by atoms with Crippen LogP contribution in [-0.4, -0.2) is 33.0 Å². The highest BCUT2D eigenvalue weighted by Crippen LogP contribution is 2.11. The molecule has 0 saturated carbocycles. The van der Waals surface area contributed by atoms with Crippen molar-refractivity contribution in [1.82, 2.24) is 9.97 Å². The largest absolute Gasteiger partial charge is 0.759 e. The molecule has 0 spiro atoms. The van der Waals surface area contributed by atoms with E-state index in [4.69, 9.17) is 17.5 Å². The second-order valence-electron chi connectivity index (χ2n) is 6.87. The summed E-state index contributed by atoms with van der Waals surface area (Å²) in [7, 11) is -5.17. The summed E-state index contributed by atoms with van der Waals surface area (Å²) in [5, 5.41) is 0. The summed E-state index contributed by atoms with van der Waals surface area (Å²) < 4.78 is 34.1. The normalized spacial score (nSPS) is 11.1. The Hall–Kier alpha value is -2.79. The molecule has 6 N–H and O–H groups in total. The molecule has 30 heavy (non-hydrogen) atoms. The number of H-pyrrole nitrogens is 4. The first-order valence-electron chi connectivity index (χ1n) is 9.53. The van der Waals surface area contributed by atoms with Crippen molar-refractivity contribution in [2.45, 2.75) is 38.5 Å². The molecule has 4 rings (SSSR count). The van der Waals surface area contributed by atoms with E-state index < -0.39 is 10.4 Å². The topological polar surface area (TPSA) is 172 Å². The molecule has 9 nitrogen and oxygen atoms in total. The number of para-hydroxylation sites is 4. The first-order chi connectivity index (χ1) is 13.9. The summed E-state index contributed by atoms with van der Waals surface area (Å²) >= 11 is 0. The fourth-order valence-corrected chi connectivity index (χ4v) is 3.32. The van der Waals surface area contributed by atoms with Crippen LogP contribution < -0.4 is 9.97 Å². The van der Waals surface area contributed by atoms with E-state index in [1.807, 2.05) is 0 Å². The van der Waals surface area contributed by atoms with E-state index in [2.05, 4.69) is 68.5 Å². The average molecular weight is 435 g/mol. The monoisotopic (exact) mass is 434 g/mol. The van der Waals surface area contributed by atoms with Crippen molar-refractivity contribution < 1.29 is 33.0 Å². The van der Waals surface area contributed by atoms with Crippen LogP contribution in [0.25, 0.3) is 22.1 Å². The third-order valence-electron chi connectivity index (χ3n) is 4.60. The van der Waals surface area contributed by atoms with E-state index in [9.17, 15) is 0 Å². The van der Waals surface area contributed by atoms with Crippen molar-refractivity contribution in [3.8, 4) is 0 Å². The zero-order valence-electron chi connectivity index (χ0n) is 16.4. The molecule has 0 aliphatic heterocycles. The Bertz CT molecular complexity index is 1020. The Balaban J connectivity index is 0.000000482. The molecule has 0 aliphatic rings. The Kier molecular flexibility index (Phi) is 8.48. The average Bonchev–Trinajstić information content (AvgIpc) is 3.26. The number of aromatic amines is 4. The number of fused-ring (bicyclic) bond motifs is 2. The molecular formula is C20H26N4O5S. The number of hydrogen-bond donors (Lipinski definition) is 2. The lowest BCUT2D eigenvalue weighted by Gasteiger charge is -2.06. The maximum Gasteiger partial charge on any atom is 0.252 e. The maximum absolute atomic E-state index is 8.52. The van der Waals surface area contributed by atoms with Gasteiger partial charge in [-0.25, -0.2) is 19.9 Å². The molecular weight excluding hydrogens is 408 g/mol. The van der Waals surface area contributed by atoms with Gasteiger partial charge in [0, 0.05) is 23.2 Å². The van der Waals surface area contributed by atoms with E-state index in [-0.39, 0.29) is 5.48 Å². The third kappa shape index (κ3) is 7.56. The zero-order valence-corrected chi connectivity index (χ0v) is 17.2. The van der Waals surface area contributed by atoms with Crippen molar-refractivity contribution in [2.75, 3.05) is 0 Å². The fraction of sp³-hybridized carbons (Fsp3) is 0.300. The smallest absolute Gasteiger partial charge is 0.252 e. The van der Waals surface area contributed by atoms with Crippen LogP contribution in [0.1, 0.15) is 37.3 Å². The van der Waals surface area contributed by atoms with Gasteiger partial charge in [0.25, 0.3) is 11.6 Å². The van der Waals surface area contributed by atoms with Gasteiger partial charge >= 0.3 is 0 Å². The van der Waals surface area contributed by atoms with Gasteiger partial charge in [-0.15, -0.1) is 0 Å². The number of imidazole rings is 2. The second kappa shape index (κ2) is 10.8. The van der Waals surface area contributed by atoms with Crippen LogP contribution in [0.3, 0.4) is 0 Å². The summed E-state index contributed by atoms with van der Waals surface area (Å²) in [4.78, 5) is 13.8. The Morgan fingerprint density at radius 3 is 1.43 bits per heavy atom. The number of aromatic nitrogens is 4. The van der Waals surface area contributed by atoms with Crippen molar-refractivity contribution in [2.24, 2.45) is 0 Å². The molecule has 10 heteroatoms. The number of benzene rings is 2. The minimum absolute atomic E-state index is 0. The molecule has 2 aromatic carbocycles. The first-order valence-corrected chi connectivity index (χ1v) is 10.9. The lowest BCUT2D eigenvalue weighted by atomic mass is 10.1. The Labute approximate surface area is 174 Å². The van der Waals surface area contributed by atoms with Crippen LogP contribution in [0, 0.1) is 0 Å². The number of aryl methyl sites for hydroxylation is 2. The Morgan fingerprint density at radius 2 is 1.07 bits per heavy atom. The molecule has 0 fully saturated rings. The molecule has 0 amide bonds. The summed E-state index contributed by atoms with van der Waals surface area (Å²) in [6.45, 7) is 0. The molecule has 0 bridgehead atoms. The Morgan fingerprint density at radius 1 is 0.700 bits per heavy atom. The summed E-state index contributed by atoms with van der Waals surface area (Å²) in [5.74, 6) is 2.47. The number of hydrogen-bond acceptors (Lipinski definition) is 4. The summed E-state index contributed by atoms with van der Waals surface area (Å²) in [5.41, 5.74) is 4.78. The highest BCUT2D eigenvalue weighted by Gasteiger charge is 2.10. The maximum atomic E-state index is 8.52. The van der Waals surface area contributed by atoms with Gasteiger partial charge in [0.2, 0.25) is 0 Å². The minimum Gasteiger partial charge on any atom is -0.759 e. The predicted octanol–water partition coefficient (Wildman–Crippen LogP) is 1.46. The lowest BCUT2D eigenvalue weighted by Crippen LogP contribution is -2.07. The van der Waals surface area contributed by atoms with E-state index >= 15 is 0 Å². The van der Waals surface area contributed by atoms with Crippen molar-refractivity contribution >= 4 is 32.5 Å². The minimum atomic E-state index is -5.17. The quantitative estimate of drug-likeness (QED) is 0.255. The van der Waals surface area contributed by atoms with Gasteiger partial charge < -0.3 is 14.6 Å². The highest BCUT2D eigenvalue weighted by molar-refractivity contribution is 7.79. The van der Waals surface area contributed by atoms with Crippen LogP contribution in [0.5, 0.6) is 0 Å². The first kappa shape index (κ1) is 23.5. The van der Waals surface area contributed by atoms with E-state index in [0.717, 1.165) is 12.8 Å². The molecule has 2 aromatic heterocycles. The zero-order chi connectivity index (χ0) is 20.7. The molecule has 0 radical (unpaired) electrons. The van der Waals surface area contributed by atoms with Gasteiger partial charge in [0.05, 0.1) is 0 Å². The molecule has 0 aliphatic carbocycles. The van der Waals surface area contributed by atoms with Crippen LogP contribution in [0.2, 0.25) is 0 Å². The number of rotatable bonds is 7. The van der Waals surface area contributed by atoms with Gasteiger partial charge in [0.15, 0.2) is 22.1 Å². The lowest BCUT2D eigenvalue weighted by molar-refractivity contribution is -0.358. The van der Waals surface area contributed by atoms with Crippen LogP contribution in [0.4, 0.5) is 0 Å². The number of unbranched alkanes of at least 4 members (excludes halogenated alkanes) is 3. The van der Waals surface area contributed by atoms with Gasteiger partial charge in [-0.3, -0.25) is 8.42 Å². The van der Waals surface area contributed by atoms with Gasteiger partial charge in [-0.1, -0.05) is 37.1 Å². The van der Waals surface area contributed by atoms with Crippen molar-refractivity contribution in [3.63, 3.8) is 0 Å². The second-order valence-corrected chi connectivity index (χ2v) is 7.69. The van der Waals surface area contributed by atoms with Crippen molar-refractivity contribution in [3.05, 3.63) is 60.2 Å². The standard InChI is InChI=1S/C20H22N4.H2O4S.H2O/c1(3-13-19-21-15-9-5-6-10-16(15)22-19)2-4-14-20-23-17-11-7-8-12-18(17)24-20;1-5(2,3)4;/h5-12H,1-4,13-14H2,(H,21,22)(H,23,24);(H2,1,2,3,4);1H2. The van der Waals surface area contributed by atoms with Gasteiger partial charge in [-0.2, -0.15) is 0 Å². The molecule has 4 aromatic rings.